The summed E-state index contributed by atoms with van der Waals surface area (Å²) in [5.74, 6) is 1.64. The number of anilines is 2. The second kappa shape index (κ2) is 6.10. The number of fused-ring (bicyclic) bond motifs is 1. The summed E-state index contributed by atoms with van der Waals surface area (Å²) in [7, 11) is 0. The Morgan fingerprint density at radius 1 is 1.12 bits per heavy atom. The van der Waals surface area contributed by atoms with Crippen LogP contribution in [0.1, 0.15) is 18.4 Å². The first kappa shape index (κ1) is 15.8. The minimum absolute atomic E-state index is 0.0491. The largest absolute Gasteiger partial charge is 0.454 e. The third kappa shape index (κ3) is 2.87. The highest BCUT2D eigenvalue weighted by Gasteiger charge is 2.45. The summed E-state index contributed by atoms with van der Waals surface area (Å²) in [6, 6.07) is 14.1. The molecule has 3 N–H and O–H groups in total. The maximum absolute atomic E-state index is 6.03. The van der Waals surface area contributed by atoms with Crippen molar-refractivity contribution in [3.8, 4) is 11.5 Å². The highest BCUT2D eigenvalue weighted by Crippen LogP contribution is 2.51. The molecule has 3 aromatic rings. The lowest BCUT2D eigenvalue weighted by Gasteiger charge is -2.17. The van der Waals surface area contributed by atoms with Gasteiger partial charge < -0.3 is 20.5 Å². The van der Waals surface area contributed by atoms with E-state index in [4.69, 9.17) is 15.2 Å². The van der Waals surface area contributed by atoms with Gasteiger partial charge in [0.25, 0.3) is 0 Å². The number of nitrogens with zero attached hydrogens (tertiary/aromatic N) is 1. The van der Waals surface area contributed by atoms with Crippen molar-refractivity contribution in [2.75, 3.05) is 17.8 Å². The van der Waals surface area contributed by atoms with Gasteiger partial charge in [0.2, 0.25) is 6.79 Å². The number of aromatic nitrogens is 1. The smallest absolute Gasteiger partial charge is 0.231 e. The molecule has 0 amide bonds. The van der Waals surface area contributed by atoms with Gasteiger partial charge in [-0.05, 0) is 42.7 Å². The van der Waals surface area contributed by atoms with Crippen molar-refractivity contribution in [1.29, 1.82) is 0 Å². The van der Waals surface area contributed by atoms with Gasteiger partial charge in [0.15, 0.2) is 16.6 Å². The van der Waals surface area contributed by atoms with Crippen molar-refractivity contribution in [3.05, 3.63) is 54.2 Å². The fraction of sp³-hybridized carbons (Fsp3) is 0.211. The molecule has 0 unspecified atom stereocenters. The van der Waals surface area contributed by atoms with E-state index in [1.165, 1.54) is 5.56 Å². The Bertz CT molecular complexity index is 969. The molecule has 0 atom stereocenters. The molecule has 1 fully saturated rings. The van der Waals surface area contributed by atoms with Crippen LogP contribution in [0, 0.1) is 0 Å². The van der Waals surface area contributed by atoms with Gasteiger partial charge in [-0.25, -0.2) is 4.98 Å². The molecule has 1 aliphatic heterocycles. The number of nitrogens with two attached hydrogens (primary N) is 1. The zero-order valence-electron chi connectivity index (χ0n) is 13.9. The van der Waals surface area contributed by atoms with Gasteiger partial charge in [0, 0.05) is 10.6 Å². The quantitative estimate of drug-likeness (QED) is 0.622. The summed E-state index contributed by atoms with van der Waals surface area (Å²) in [5.41, 5.74) is 8.00. The van der Waals surface area contributed by atoms with Crippen molar-refractivity contribution in [1.82, 2.24) is 4.98 Å². The van der Waals surface area contributed by atoms with Crippen LogP contribution in [-0.4, -0.2) is 11.8 Å². The van der Waals surface area contributed by atoms with Crippen LogP contribution in [0.5, 0.6) is 11.5 Å². The van der Waals surface area contributed by atoms with E-state index in [0.717, 1.165) is 44.3 Å². The van der Waals surface area contributed by atoms with Crippen LogP contribution in [0.4, 0.5) is 10.8 Å². The Morgan fingerprint density at radius 2 is 1.96 bits per heavy atom. The third-order valence-electron chi connectivity index (χ3n) is 4.64. The van der Waals surface area contributed by atoms with Crippen LogP contribution in [0.2, 0.25) is 0 Å². The average molecular weight is 383 g/mol. The second-order valence-electron chi connectivity index (χ2n) is 6.40. The monoisotopic (exact) mass is 383 g/mol. The minimum atomic E-state index is -0.0491. The van der Waals surface area contributed by atoms with Crippen molar-refractivity contribution >= 4 is 33.9 Å². The summed E-state index contributed by atoms with van der Waals surface area (Å²) in [4.78, 5) is 5.61. The summed E-state index contributed by atoms with van der Waals surface area (Å²) in [6.07, 6.45) is 4.07. The van der Waals surface area contributed by atoms with E-state index in [1.54, 1.807) is 23.1 Å². The van der Waals surface area contributed by atoms with Crippen molar-refractivity contribution < 1.29 is 9.47 Å². The second-order valence-corrected chi connectivity index (χ2v) is 8.77. The first-order valence-corrected chi connectivity index (χ1v) is 10.0. The Balaban J connectivity index is 1.34. The number of hydrogen-bond acceptors (Lipinski definition) is 7. The average Bonchev–Trinajstić information content (AvgIpc) is 3.07. The van der Waals surface area contributed by atoms with Crippen molar-refractivity contribution in [2.24, 2.45) is 0 Å². The first-order valence-electron chi connectivity index (χ1n) is 8.38. The number of ether oxygens (including phenoxy) is 2. The highest BCUT2D eigenvalue weighted by atomic mass is 32.2. The lowest BCUT2D eigenvalue weighted by Crippen LogP contribution is -2.18. The van der Waals surface area contributed by atoms with Gasteiger partial charge in [0.1, 0.15) is 0 Å². The Labute approximate surface area is 159 Å². The molecule has 2 aromatic carbocycles. The van der Waals surface area contributed by atoms with Crippen LogP contribution in [-0.2, 0) is 5.54 Å². The molecule has 7 heteroatoms. The molecule has 132 valence electrons. The van der Waals surface area contributed by atoms with Crippen molar-refractivity contribution in [2.45, 2.75) is 27.5 Å². The maximum atomic E-state index is 6.03. The Hall–Kier alpha value is -2.38. The summed E-state index contributed by atoms with van der Waals surface area (Å²) >= 11 is 3.30. The lowest BCUT2D eigenvalue weighted by atomic mass is 10.0. The first-order chi connectivity index (χ1) is 12.7. The van der Waals surface area contributed by atoms with Crippen LogP contribution < -0.4 is 20.5 Å². The van der Waals surface area contributed by atoms with Gasteiger partial charge in [-0.15, -0.1) is 0 Å². The van der Waals surface area contributed by atoms with Crippen LogP contribution in [0.25, 0.3) is 0 Å². The molecule has 1 aliphatic carbocycles. The number of hydrogen-bond donors (Lipinski definition) is 2. The molecular formula is C19H17N3O2S2. The number of para-hydroxylation sites is 1. The summed E-state index contributed by atoms with van der Waals surface area (Å²) in [5, 5.41) is 4.55. The van der Waals surface area contributed by atoms with E-state index in [0.29, 0.717) is 6.79 Å². The van der Waals surface area contributed by atoms with E-state index in [9.17, 15) is 0 Å². The molecule has 5 rings (SSSR count). The normalized spacial score (nSPS) is 16.5. The third-order valence-corrected chi connectivity index (χ3v) is 6.74. The molecule has 2 aliphatic rings. The molecule has 2 heterocycles. The van der Waals surface area contributed by atoms with Crippen LogP contribution in [0.3, 0.4) is 0 Å². The number of nitrogen functional groups attached to an aromatic ring is 1. The number of nitrogens with one attached hydrogen (secondary N) is 1. The molecule has 26 heavy (non-hydrogen) atoms. The van der Waals surface area contributed by atoms with Crippen LogP contribution in [0.15, 0.2) is 57.8 Å². The molecule has 5 nitrogen and oxygen atoms in total. The molecule has 1 aromatic heterocycles. The predicted molar refractivity (Wildman–Crippen MR) is 104 cm³/mol. The lowest BCUT2D eigenvalue weighted by molar-refractivity contribution is 0.174. The minimum Gasteiger partial charge on any atom is -0.454 e. The molecular weight excluding hydrogens is 366 g/mol. The number of rotatable bonds is 5. The van der Waals surface area contributed by atoms with Gasteiger partial charge >= 0.3 is 0 Å². The zero-order chi connectivity index (χ0) is 17.6. The Morgan fingerprint density at radius 3 is 2.81 bits per heavy atom. The van der Waals surface area contributed by atoms with Gasteiger partial charge in [-0.2, -0.15) is 0 Å². The number of benzene rings is 2. The van der Waals surface area contributed by atoms with E-state index in [-0.39, 0.29) is 5.54 Å². The fourth-order valence-corrected chi connectivity index (χ4v) is 5.03. The Kier molecular flexibility index (Phi) is 3.72. The van der Waals surface area contributed by atoms with Crippen LogP contribution >= 0.6 is 23.1 Å². The molecule has 0 bridgehead atoms. The summed E-state index contributed by atoms with van der Waals surface area (Å²) in [6.45, 7) is 0.300. The standard InChI is InChI=1S/C19H17N3O2S2/c20-13-3-1-2-4-16(13)25-17-10-21-18(26-17)22-19(7-8-19)12-5-6-14-15(9-12)24-11-23-14/h1-6,9-10H,7-8,11,20H2,(H,21,22). The molecule has 1 saturated carbocycles. The summed E-state index contributed by atoms with van der Waals surface area (Å²) < 4.78 is 12.0. The SMILES string of the molecule is Nc1ccccc1Sc1cnc(NC2(c3ccc4c(c3)OCO4)CC2)s1. The fourth-order valence-electron chi connectivity index (χ4n) is 3.06. The maximum Gasteiger partial charge on any atom is 0.231 e. The van der Waals surface area contributed by atoms with E-state index < -0.39 is 0 Å². The topological polar surface area (TPSA) is 69.4 Å². The number of thiazole rings is 1. The zero-order valence-corrected chi connectivity index (χ0v) is 15.5. The van der Waals surface area contributed by atoms with Gasteiger partial charge in [0.05, 0.1) is 15.9 Å². The highest BCUT2D eigenvalue weighted by molar-refractivity contribution is 8.01. The van der Waals surface area contributed by atoms with E-state index >= 15 is 0 Å². The predicted octanol–water partition coefficient (Wildman–Crippen LogP) is 4.71. The molecule has 0 saturated heterocycles. The van der Waals surface area contributed by atoms with Crippen molar-refractivity contribution in [3.63, 3.8) is 0 Å². The van der Waals surface area contributed by atoms with Gasteiger partial charge in [-0.1, -0.05) is 41.3 Å². The molecule has 0 radical (unpaired) electrons. The van der Waals surface area contributed by atoms with E-state index in [2.05, 4.69) is 22.4 Å². The molecule has 0 spiro atoms. The van der Waals surface area contributed by atoms with Gasteiger partial charge in [-0.3, -0.25) is 0 Å². The van der Waals surface area contributed by atoms with E-state index in [1.807, 2.05) is 36.5 Å².